The van der Waals surface area contributed by atoms with Crippen molar-refractivity contribution in [3.05, 3.63) is 18.3 Å². The first kappa shape index (κ1) is 14.3. The van der Waals surface area contributed by atoms with Crippen molar-refractivity contribution in [2.45, 2.75) is 33.3 Å². The molecule has 1 amide bonds. The molecule has 0 spiro atoms. The molecule has 1 rings (SSSR count). The summed E-state index contributed by atoms with van der Waals surface area (Å²) >= 11 is 0. The highest BCUT2D eigenvalue weighted by atomic mass is 16.5. The van der Waals surface area contributed by atoms with Gasteiger partial charge < -0.3 is 15.8 Å². The molecule has 0 saturated heterocycles. The second kappa shape index (κ2) is 6.83. The second-order valence-electron chi connectivity index (χ2n) is 4.62. The molecule has 1 unspecified atom stereocenters. The minimum Gasteiger partial charge on any atom is -0.477 e. The van der Waals surface area contributed by atoms with Gasteiger partial charge in [0.15, 0.2) is 17.7 Å². The summed E-state index contributed by atoms with van der Waals surface area (Å²) in [4.78, 5) is 15.6. The Balaban J connectivity index is 2.43. The number of nitrogens with two attached hydrogens (primary N) is 1. The summed E-state index contributed by atoms with van der Waals surface area (Å²) in [5.41, 5.74) is 5.64. The summed E-state index contributed by atoms with van der Waals surface area (Å²) in [5, 5.41) is 2.83. The van der Waals surface area contributed by atoms with E-state index in [9.17, 15) is 4.79 Å². The summed E-state index contributed by atoms with van der Waals surface area (Å²) in [7, 11) is 0. The summed E-state index contributed by atoms with van der Waals surface area (Å²) in [6, 6.07) is 3.41. The molecule has 0 aliphatic rings. The molecule has 0 aliphatic heterocycles. The smallest absolute Gasteiger partial charge is 0.260 e. The number of nitrogens with one attached hydrogen (secondary N) is 1. The van der Waals surface area contributed by atoms with E-state index in [1.54, 1.807) is 25.3 Å². The van der Waals surface area contributed by atoms with E-state index in [2.05, 4.69) is 24.1 Å². The molecule has 0 aliphatic carbocycles. The zero-order valence-electron chi connectivity index (χ0n) is 11.1. The topological polar surface area (TPSA) is 77.2 Å². The van der Waals surface area contributed by atoms with Crippen LogP contribution in [0.4, 0.5) is 5.82 Å². The predicted octanol–water partition coefficient (Wildman–Crippen LogP) is 1.59. The maximum Gasteiger partial charge on any atom is 0.260 e. The minimum atomic E-state index is -0.580. The molecule has 100 valence electrons. The Labute approximate surface area is 108 Å². The average molecular weight is 251 g/mol. The Kier molecular flexibility index (Phi) is 5.42. The lowest BCUT2D eigenvalue weighted by molar-refractivity contribution is -0.127. The summed E-state index contributed by atoms with van der Waals surface area (Å²) in [6.45, 7) is 6.58. The number of nitrogens with zero attached hydrogens (tertiary/aromatic N) is 1. The first-order chi connectivity index (χ1) is 8.50. The molecule has 5 heteroatoms. The highest BCUT2D eigenvalue weighted by Crippen LogP contribution is 2.18. The number of nitrogen functional groups attached to an aromatic ring is 1. The number of aromatic nitrogens is 1. The number of ether oxygens (including phenoxy) is 1. The van der Waals surface area contributed by atoms with Crippen LogP contribution in [0, 0.1) is 5.92 Å². The van der Waals surface area contributed by atoms with E-state index in [0.717, 1.165) is 6.42 Å². The molecule has 1 aromatic rings. The molecule has 3 N–H and O–H groups in total. The van der Waals surface area contributed by atoms with E-state index >= 15 is 0 Å². The van der Waals surface area contributed by atoms with E-state index in [1.165, 1.54) is 0 Å². The number of hydrogen-bond acceptors (Lipinski definition) is 4. The number of carbonyl (C=O) groups excluding carboxylic acids is 1. The Morgan fingerprint density at radius 1 is 1.50 bits per heavy atom. The quantitative estimate of drug-likeness (QED) is 0.805. The summed E-state index contributed by atoms with van der Waals surface area (Å²) < 4.78 is 5.46. The van der Waals surface area contributed by atoms with E-state index in [0.29, 0.717) is 24.0 Å². The van der Waals surface area contributed by atoms with Gasteiger partial charge in [-0.1, -0.05) is 13.8 Å². The van der Waals surface area contributed by atoms with Gasteiger partial charge in [0, 0.05) is 12.7 Å². The van der Waals surface area contributed by atoms with Gasteiger partial charge in [-0.25, -0.2) is 4.98 Å². The Morgan fingerprint density at radius 3 is 2.83 bits per heavy atom. The molecule has 0 saturated carbocycles. The van der Waals surface area contributed by atoms with Crippen molar-refractivity contribution in [3.8, 4) is 5.75 Å². The number of anilines is 1. The normalized spacial score (nSPS) is 12.2. The van der Waals surface area contributed by atoms with E-state index in [-0.39, 0.29) is 5.91 Å². The van der Waals surface area contributed by atoms with Gasteiger partial charge in [0.05, 0.1) is 0 Å². The molecule has 5 nitrogen and oxygen atoms in total. The van der Waals surface area contributed by atoms with Crippen LogP contribution < -0.4 is 15.8 Å². The van der Waals surface area contributed by atoms with Crippen LogP contribution in [-0.4, -0.2) is 23.5 Å². The van der Waals surface area contributed by atoms with Gasteiger partial charge in [-0.3, -0.25) is 4.79 Å². The van der Waals surface area contributed by atoms with Crippen molar-refractivity contribution < 1.29 is 9.53 Å². The molecule has 1 aromatic heterocycles. The number of rotatable bonds is 6. The molecule has 1 heterocycles. The van der Waals surface area contributed by atoms with Crippen LogP contribution in [0.1, 0.15) is 27.2 Å². The molecular weight excluding hydrogens is 230 g/mol. The lowest BCUT2D eigenvalue weighted by Crippen LogP contribution is -2.37. The zero-order valence-corrected chi connectivity index (χ0v) is 11.1. The third-order valence-corrected chi connectivity index (χ3v) is 2.49. The van der Waals surface area contributed by atoms with Gasteiger partial charge in [0.2, 0.25) is 0 Å². The molecule has 1 atom stereocenters. The molecule has 0 bridgehead atoms. The lowest BCUT2D eigenvalue weighted by Gasteiger charge is -2.15. The monoisotopic (exact) mass is 251 g/mol. The van der Waals surface area contributed by atoms with Crippen LogP contribution >= 0.6 is 0 Å². The largest absolute Gasteiger partial charge is 0.477 e. The number of carbonyl (C=O) groups is 1. The van der Waals surface area contributed by atoms with E-state index in [1.807, 2.05) is 0 Å². The standard InChI is InChI=1S/C13H21N3O2/c1-9(2)6-8-16-13(17)10(3)18-11-5-4-7-15-12(11)14/h4-5,7,9-10H,6,8H2,1-3H3,(H2,14,15)(H,16,17). The summed E-state index contributed by atoms with van der Waals surface area (Å²) in [6.07, 6.45) is 1.95. The maximum atomic E-state index is 11.7. The van der Waals surface area contributed by atoms with Crippen molar-refractivity contribution in [1.29, 1.82) is 0 Å². The Hall–Kier alpha value is -1.78. The third-order valence-electron chi connectivity index (χ3n) is 2.49. The van der Waals surface area contributed by atoms with Gasteiger partial charge in [0.1, 0.15) is 0 Å². The van der Waals surface area contributed by atoms with Crippen LogP contribution in [0.25, 0.3) is 0 Å². The van der Waals surface area contributed by atoms with Gasteiger partial charge in [-0.2, -0.15) is 0 Å². The molecular formula is C13H21N3O2. The maximum absolute atomic E-state index is 11.7. The fourth-order valence-electron chi connectivity index (χ4n) is 1.37. The Morgan fingerprint density at radius 2 is 2.22 bits per heavy atom. The third kappa shape index (κ3) is 4.61. The van der Waals surface area contributed by atoms with Crippen LogP contribution in [0.2, 0.25) is 0 Å². The van der Waals surface area contributed by atoms with Gasteiger partial charge in [-0.15, -0.1) is 0 Å². The fraction of sp³-hybridized carbons (Fsp3) is 0.538. The van der Waals surface area contributed by atoms with Gasteiger partial charge in [0.25, 0.3) is 5.91 Å². The van der Waals surface area contributed by atoms with Crippen LogP contribution in [0.3, 0.4) is 0 Å². The van der Waals surface area contributed by atoms with Gasteiger partial charge >= 0.3 is 0 Å². The first-order valence-electron chi connectivity index (χ1n) is 6.15. The van der Waals surface area contributed by atoms with Crippen LogP contribution in [0.5, 0.6) is 5.75 Å². The minimum absolute atomic E-state index is 0.140. The lowest BCUT2D eigenvalue weighted by atomic mass is 10.1. The second-order valence-corrected chi connectivity index (χ2v) is 4.62. The SMILES string of the molecule is CC(C)CCNC(=O)C(C)Oc1cccnc1N. The molecule has 18 heavy (non-hydrogen) atoms. The van der Waals surface area contributed by atoms with E-state index < -0.39 is 6.10 Å². The van der Waals surface area contributed by atoms with Crippen molar-refractivity contribution in [3.63, 3.8) is 0 Å². The van der Waals surface area contributed by atoms with E-state index in [4.69, 9.17) is 10.5 Å². The van der Waals surface area contributed by atoms with Gasteiger partial charge in [-0.05, 0) is 31.4 Å². The van der Waals surface area contributed by atoms with Crippen molar-refractivity contribution >= 4 is 11.7 Å². The highest BCUT2D eigenvalue weighted by molar-refractivity contribution is 5.80. The predicted molar refractivity (Wildman–Crippen MR) is 71.2 cm³/mol. The average Bonchev–Trinajstić information content (AvgIpc) is 2.31. The first-order valence-corrected chi connectivity index (χ1v) is 6.15. The molecule has 0 radical (unpaired) electrons. The van der Waals surface area contributed by atoms with Crippen LogP contribution in [0.15, 0.2) is 18.3 Å². The number of pyridine rings is 1. The highest BCUT2D eigenvalue weighted by Gasteiger charge is 2.15. The number of amides is 1. The zero-order chi connectivity index (χ0) is 13.5. The molecule has 0 fully saturated rings. The fourth-order valence-corrected chi connectivity index (χ4v) is 1.37. The Bertz CT molecular complexity index is 394. The van der Waals surface area contributed by atoms with Crippen molar-refractivity contribution in [2.24, 2.45) is 5.92 Å². The number of hydrogen-bond donors (Lipinski definition) is 2. The summed E-state index contributed by atoms with van der Waals surface area (Å²) in [5.74, 6) is 1.15. The van der Waals surface area contributed by atoms with Crippen molar-refractivity contribution in [2.75, 3.05) is 12.3 Å². The van der Waals surface area contributed by atoms with Crippen molar-refractivity contribution in [1.82, 2.24) is 10.3 Å². The molecule has 0 aromatic carbocycles. The van der Waals surface area contributed by atoms with Crippen LogP contribution in [-0.2, 0) is 4.79 Å².